The van der Waals surface area contributed by atoms with E-state index in [2.05, 4.69) is 5.32 Å². The van der Waals surface area contributed by atoms with Gasteiger partial charge >= 0.3 is 0 Å². The van der Waals surface area contributed by atoms with Gasteiger partial charge in [-0.25, -0.2) is 8.42 Å². The fourth-order valence-corrected chi connectivity index (χ4v) is 5.35. The molecule has 0 aliphatic carbocycles. The van der Waals surface area contributed by atoms with Crippen molar-refractivity contribution >= 4 is 39.1 Å². The van der Waals surface area contributed by atoms with Crippen molar-refractivity contribution in [3.63, 3.8) is 0 Å². The van der Waals surface area contributed by atoms with Crippen LogP contribution in [0.4, 0.5) is 0 Å². The first kappa shape index (κ1) is 22.1. The van der Waals surface area contributed by atoms with E-state index in [0.29, 0.717) is 31.0 Å². The molecule has 1 fully saturated rings. The van der Waals surface area contributed by atoms with Gasteiger partial charge in [0.25, 0.3) is 0 Å². The number of halogens is 2. The minimum atomic E-state index is -3.63. The molecule has 1 aliphatic rings. The van der Waals surface area contributed by atoms with Gasteiger partial charge in [-0.3, -0.25) is 4.79 Å². The third-order valence-corrected chi connectivity index (χ3v) is 7.59. The summed E-state index contributed by atoms with van der Waals surface area (Å²) < 4.78 is 27.1. The quantitative estimate of drug-likeness (QED) is 0.639. The van der Waals surface area contributed by atoms with E-state index in [1.165, 1.54) is 16.4 Å². The molecule has 1 unspecified atom stereocenters. The Balaban J connectivity index is 1.52. The molecule has 0 bridgehead atoms. The molecule has 1 N–H and O–H groups in total. The molecule has 1 amide bonds. The molecule has 1 saturated heterocycles. The minimum absolute atomic E-state index is 0.0971. The summed E-state index contributed by atoms with van der Waals surface area (Å²) in [5, 5.41) is 4.15. The summed E-state index contributed by atoms with van der Waals surface area (Å²) in [6.07, 6.45) is 2.89. The number of sulfonamides is 1. The lowest BCUT2D eigenvalue weighted by Gasteiger charge is -2.31. The number of benzene rings is 2. The van der Waals surface area contributed by atoms with Gasteiger partial charge in [-0.15, -0.1) is 0 Å². The minimum Gasteiger partial charge on any atom is -0.356 e. The molecule has 0 radical (unpaired) electrons. The zero-order valence-electron chi connectivity index (χ0n) is 16.0. The number of nitrogens with zero attached hydrogens (tertiary/aromatic N) is 1. The summed E-state index contributed by atoms with van der Waals surface area (Å²) >= 11 is 12.0. The molecule has 8 heteroatoms. The molecule has 2 aromatic rings. The molecule has 156 valence electrons. The molecule has 0 spiro atoms. The van der Waals surface area contributed by atoms with Crippen molar-refractivity contribution in [2.24, 2.45) is 5.92 Å². The first-order chi connectivity index (χ1) is 13.9. The predicted molar refractivity (Wildman–Crippen MR) is 116 cm³/mol. The van der Waals surface area contributed by atoms with Crippen LogP contribution in [0.3, 0.4) is 0 Å². The molecule has 0 aromatic heterocycles. The van der Waals surface area contributed by atoms with E-state index in [1.807, 2.05) is 24.3 Å². The van der Waals surface area contributed by atoms with Crippen molar-refractivity contribution in [3.8, 4) is 0 Å². The van der Waals surface area contributed by atoms with E-state index < -0.39 is 10.0 Å². The molecular formula is C21H24Cl2N2O3S. The largest absolute Gasteiger partial charge is 0.356 e. The van der Waals surface area contributed by atoms with Gasteiger partial charge in [0.05, 0.1) is 10.8 Å². The Hall–Kier alpha value is -1.60. The predicted octanol–water partition coefficient (Wildman–Crippen LogP) is 4.14. The summed E-state index contributed by atoms with van der Waals surface area (Å²) in [7, 11) is -3.63. The van der Waals surface area contributed by atoms with Gasteiger partial charge < -0.3 is 5.32 Å². The van der Waals surface area contributed by atoms with Crippen LogP contribution < -0.4 is 5.32 Å². The maximum absolute atomic E-state index is 12.9. The van der Waals surface area contributed by atoms with Crippen molar-refractivity contribution in [2.45, 2.75) is 30.6 Å². The van der Waals surface area contributed by atoms with Gasteiger partial charge in [-0.1, -0.05) is 41.4 Å². The van der Waals surface area contributed by atoms with Crippen LogP contribution in [0.25, 0.3) is 0 Å². The Kier molecular flexibility index (Phi) is 7.57. The zero-order chi connectivity index (χ0) is 20.9. The monoisotopic (exact) mass is 454 g/mol. The van der Waals surface area contributed by atoms with Gasteiger partial charge in [0.2, 0.25) is 15.9 Å². The summed E-state index contributed by atoms with van der Waals surface area (Å²) in [6.45, 7) is 1.15. The van der Waals surface area contributed by atoms with E-state index in [9.17, 15) is 13.2 Å². The van der Waals surface area contributed by atoms with Crippen molar-refractivity contribution < 1.29 is 13.2 Å². The van der Waals surface area contributed by atoms with Crippen molar-refractivity contribution in [3.05, 3.63) is 64.1 Å². The van der Waals surface area contributed by atoms with E-state index in [1.54, 1.807) is 12.1 Å². The Morgan fingerprint density at radius 2 is 1.83 bits per heavy atom. The van der Waals surface area contributed by atoms with Gasteiger partial charge in [-0.05, 0) is 61.6 Å². The summed E-state index contributed by atoms with van der Waals surface area (Å²) in [6, 6.07) is 13.8. The lowest BCUT2D eigenvalue weighted by Crippen LogP contribution is -2.45. The van der Waals surface area contributed by atoms with Crippen LogP contribution in [0.1, 0.15) is 24.8 Å². The molecule has 0 saturated carbocycles. The summed E-state index contributed by atoms with van der Waals surface area (Å²) in [5.74, 6) is -0.439. The maximum atomic E-state index is 12.9. The number of rotatable bonds is 7. The molecule has 1 atom stereocenters. The summed E-state index contributed by atoms with van der Waals surface area (Å²) in [4.78, 5) is 12.8. The number of hydrogen-bond donors (Lipinski definition) is 1. The molecule has 2 aromatic carbocycles. The molecule has 1 aliphatic heterocycles. The smallest absolute Gasteiger partial charge is 0.243 e. The SMILES string of the molecule is O=C(NCCCc1ccccc1Cl)C1CCCN(S(=O)(=O)c2ccc(Cl)cc2)C1. The van der Waals surface area contributed by atoms with Crippen LogP contribution in [-0.4, -0.2) is 38.3 Å². The van der Waals surface area contributed by atoms with Crippen molar-refractivity contribution in [2.75, 3.05) is 19.6 Å². The molecule has 3 rings (SSSR count). The fourth-order valence-electron chi connectivity index (χ4n) is 3.47. The van der Waals surface area contributed by atoms with Crippen molar-refractivity contribution in [1.29, 1.82) is 0 Å². The topological polar surface area (TPSA) is 66.5 Å². The summed E-state index contributed by atoms with van der Waals surface area (Å²) in [5.41, 5.74) is 1.06. The van der Waals surface area contributed by atoms with Crippen LogP contribution in [-0.2, 0) is 21.2 Å². The number of piperidine rings is 1. The van der Waals surface area contributed by atoms with Gasteiger partial charge in [-0.2, -0.15) is 4.31 Å². The zero-order valence-corrected chi connectivity index (χ0v) is 18.3. The lowest BCUT2D eigenvalue weighted by atomic mass is 9.99. The first-order valence-electron chi connectivity index (χ1n) is 9.65. The van der Waals surface area contributed by atoms with Gasteiger partial charge in [0.15, 0.2) is 0 Å². The third kappa shape index (κ3) is 5.72. The molecule has 29 heavy (non-hydrogen) atoms. The fraction of sp³-hybridized carbons (Fsp3) is 0.381. The third-order valence-electron chi connectivity index (χ3n) is 5.09. The normalized spacial score (nSPS) is 17.8. The van der Waals surface area contributed by atoms with E-state index in [0.717, 1.165) is 23.4 Å². The second-order valence-electron chi connectivity index (χ2n) is 7.14. The highest BCUT2D eigenvalue weighted by molar-refractivity contribution is 7.89. The Labute approximate surface area is 182 Å². The van der Waals surface area contributed by atoms with Crippen LogP contribution in [0.2, 0.25) is 10.0 Å². The second-order valence-corrected chi connectivity index (χ2v) is 9.92. The number of carbonyl (C=O) groups is 1. The maximum Gasteiger partial charge on any atom is 0.243 e. The highest BCUT2D eigenvalue weighted by Crippen LogP contribution is 2.25. The van der Waals surface area contributed by atoms with Crippen molar-refractivity contribution in [1.82, 2.24) is 9.62 Å². The Morgan fingerprint density at radius 3 is 2.55 bits per heavy atom. The van der Waals surface area contributed by atoms with Crippen LogP contribution in [0.15, 0.2) is 53.4 Å². The average molecular weight is 455 g/mol. The number of amides is 1. The van der Waals surface area contributed by atoms with E-state index >= 15 is 0 Å². The van der Waals surface area contributed by atoms with E-state index in [-0.39, 0.29) is 23.3 Å². The number of carbonyl (C=O) groups excluding carboxylic acids is 1. The van der Waals surface area contributed by atoms with Crippen LogP contribution in [0, 0.1) is 5.92 Å². The highest BCUT2D eigenvalue weighted by Gasteiger charge is 2.33. The molecular weight excluding hydrogens is 431 g/mol. The first-order valence-corrected chi connectivity index (χ1v) is 11.8. The average Bonchev–Trinajstić information content (AvgIpc) is 2.72. The number of aryl methyl sites for hydroxylation is 1. The van der Waals surface area contributed by atoms with Crippen LogP contribution >= 0.6 is 23.2 Å². The Bertz CT molecular complexity index is 949. The van der Waals surface area contributed by atoms with Gasteiger partial charge in [0, 0.05) is 29.7 Å². The number of nitrogens with one attached hydrogen (secondary N) is 1. The molecule has 5 nitrogen and oxygen atoms in total. The van der Waals surface area contributed by atoms with Gasteiger partial charge in [0.1, 0.15) is 0 Å². The van der Waals surface area contributed by atoms with E-state index in [4.69, 9.17) is 23.2 Å². The number of hydrogen-bond acceptors (Lipinski definition) is 3. The van der Waals surface area contributed by atoms with Crippen LogP contribution in [0.5, 0.6) is 0 Å². The Morgan fingerprint density at radius 1 is 1.10 bits per heavy atom. The second kappa shape index (κ2) is 9.94. The molecule has 1 heterocycles. The standard InChI is InChI=1S/C21H24Cl2N2O3S/c22-18-9-11-19(12-10-18)29(27,28)25-14-4-7-17(15-25)21(26)24-13-3-6-16-5-1-2-8-20(16)23/h1-2,5,8-12,17H,3-4,6-7,13-15H2,(H,24,26). The lowest BCUT2D eigenvalue weighted by molar-refractivity contribution is -0.126. The highest BCUT2D eigenvalue weighted by atomic mass is 35.5.